The van der Waals surface area contributed by atoms with E-state index in [2.05, 4.69) is 5.18 Å². The number of nitriles is 1. The summed E-state index contributed by atoms with van der Waals surface area (Å²) in [6.45, 7) is 0. The molecule has 0 aromatic heterocycles. The highest BCUT2D eigenvalue weighted by atomic mass is 31.2. The van der Waals surface area contributed by atoms with E-state index in [0.717, 1.165) is 6.07 Å². The summed E-state index contributed by atoms with van der Waals surface area (Å²) in [6, 6.07) is 5.17. The average molecular weight is 228 g/mol. The Bertz CT molecular complexity index is 407. The van der Waals surface area contributed by atoms with Crippen LogP contribution in [0.5, 0.6) is 5.75 Å². The van der Waals surface area contributed by atoms with Gasteiger partial charge in [-0.2, -0.15) is 10.2 Å². The van der Waals surface area contributed by atoms with Crippen molar-refractivity contribution >= 4 is 8.38 Å². The van der Waals surface area contributed by atoms with Crippen LogP contribution in [-0.2, 0) is 0 Å². The minimum atomic E-state index is -2.01. The van der Waals surface area contributed by atoms with Crippen LogP contribution in [0.15, 0.2) is 23.4 Å². The van der Waals surface area contributed by atoms with E-state index in [4.69, 9.17) is 14.7 Å². The Kier molecular flexibility index (Phi) is 4.10. The molecule has 0 fully saturated rings. The van der Waals surface area contributed by atoms with E-state index in [-0.39, 0.29) is 17.6 Å². The van der Waals surface area contributed by atoms with Gasteiger partial charge in [-0.25, -0.2) is 4.39 Å². The van der Waals surface area contributed by atoms with Crippen molar-refractivity contribution in [1.82, 2.24) is 0 Å². The predicted molar refractivity (Wildman–Crippen MR) is 51.5 cm³/mol. The maximum absolute atomic E-state index is 13.0. The van der Waals surface area contributed by atoms with Crippen molar-refractivity contribution in [2.45, 2.75) is 0 Å². The van der Waals surface area contributed by atoms with Crippen molar-refractivity contribution in [3.05, 3.63) is 34.5 Å². The molecular formula is C8H6FN2O3P. The molecular weight excluding hydrogens is 222 g/mol. The van der Waals surface area contributed by atoms with Gasteiger partial charge in [-0.15, -0.1) is 0 Å². The lowest BCUT2D eigenvalue weighted by Gasteiger charge is -2.08. The second-order valence-electron chi connectivity index (χ2n) is 2.47. The minimum Gasteiger partial charge on any atom is -0.446 e. The van der Waals surface area contributed by atoms with Crippen LogP contribution in [0, 0.1) is 22.1 Å². The van der Waals surface area contributed by atoms with Crippen molar-refractivity contribution < 1.29 is 13.8 Å². The highest BCUT2D eigenvalue weighted by molar-refractivity contribution is 7.46. The van der Waals surface area contributed by atoms with E-state index >= 15 is 0 Å². The molecule has 0 aliphatic rings. The van der Waals surface area contributed by atoms with E-state index in [1.165, 1.54) is 12.1 Å². The fourth-order valence-corrected chi connectivity index (χ4v) is 1.36. The fourth-order valence-electron chi connectivity index (χ4n) is 0.843. The molecule has 0 aliphatic heterocycles. The quantitative estimate of drug-likeness (QED) is 0.631. The molecule has 78 valence electrons. The van der Waals surface area contributed by atoms with Crippen LogP contribution in [0.2, 0.25) is 0 Å². The SMILES string of the molecule is N#Cc1ccc(OP(O)CN=O)cc1F. The lowest BCUT2D eigenvalue weighted by Crippen LogP contribution is -1.91. The first-order valence-electron chi connectivity index (χ1n) is 3.80. The monoisotopic (exact) mass is 228 g/mol. The van der Waals surface area contributed by atoms with Gasteiger partial charge >= 0.3 is 0 Å². The number of hydrogen-bond donors (Lipinski definition) is 1. The molecule has 0 saturated heterocycles. The molecule has 5 nitrogen and oxygen atoms in total. The molecule has 0 amide bonds. The van der Waals surface area contributed by atoms with Crippen molar-refractivity contribution in [1.29, 1.82) is 5.26 Å². The predicted octanol–water partition coefficient (Wildman–Crippen LogP) is 2.10. The molecule has 7 heteroatoms. The summed E-state index contributed by atoms with van der Waals surface area (Å²) in [7, 11) is -2.01. The lowest BCUT2D eigenvalue weighted by molar-refractivity contribution is 0.483. The second kappa shape index (κ2) is 5.35. The smallest absolute Gasteiger partial charge is 0.254 e. The Hall–Kier alpha value is -1.57. The first kappa shape index (κ1) is 11.5. The van der Waals surface area contributed by atoms with Crippen LogP contribution >= 0.6 is 8.38 Å². The van der Waals surface area contributed by atoms with Gasteiger partial charge in [-0.05, 0) is 12.1 Å². The maximum atomic E-state index is 13.0. The molecule has 1 atom stereocenters. The minimum absolute atomic E-state index is 0.0590. The number of rotatable bonds is 4. The van der Waals surface area contributed by atoms with E-state index in [1.807, 2.05) is 0 Å². The van der Waals surface area contributed by atoms with Crippen molar-refractivity contribution in [3.63, 3.8) is 0 Å². The second-order valence-corrected chi connectivity index (χ2v) is 3.64. The number of halogens is 1. The van der Waals surface area contributed by atoms with Crippen LogP contribution in [-0.4, -0.2) is 11.2 Å². The molecule has 1 aromatic carbocycles. The van der Waals surface area contributed by atoms with Gasteiger partial charge in [0.2, 0.25) is 0 Å². The van der Waals surface area contributed by atoms with Gasteiger partial charge in [-0.3, -0.25) is 0 Å². The van der Waals surface area contributed by atoms with Crippen LogP contribution in [0.3, 0.4) is 0 Å². The van der Waals surface area contributed by atoms with Crippen molar-refractivity contribution in [2.75, 3.05) is 6.29 Å². The Morgan fingerprint density at radius 3 is 2.93 bits per heavy atom. The summed E-state index contributed by atoms with van der Waals surface area (Å²) in [5.41, 5.74) is -0.113. The Labute approximate surface area is 86.0 Å². The van der Waals surface area contributed by atoms with Gasteiger partial charge in [0.25, 0.3) is 8.38 Å². The van der Waals surface area contributed by atoms with Gasteiger partial charge in [0.1, 0.15) is 17.6 Å². The molecule has 0 radical (unpaired) electrons. The van der Waals surface area contributed by atoms with Gasteiger partial charge in [0.05, 0.1) is 5.56 Å². The standard InChI is InChI=1S/C8H6FN2O3P/c9-8-3-7(2-1-6(8)4-10)14-15(13)5-11-12/h1-3,13H,5H2. The zero-order chi connectivity index (χ0) is 11.3. The third kappa shape index (κ3) is 3.24. The summed E-state index contributed by atoms with van der Waals surface area (Å²) in [4.78, 5) is 18.9. The van der Waals surface area contributed by atoms with Gasteiger partial charge in [0.15, 0.2) is 6.29 Å². The number of nitroso groups, excluding NO2 is 1. The van der Waals surface area contributed by atoms with Crippen LogP contribution in [0.1, 0.15) is 5.56 Å². The Balaban J connectivity index is 2.76. The molecule has 0 saturated carbocycles. The largest absolute Gasteiger partial charge is 0.446 e. The normalized spacial score (nSPS) is 11.5. The summed E-state index contributed by atoms with van der Waals surface area (Å²) in [6.07, 6.45) is -0.378. The van der Waals surface area contributed by atoms with E-state index < -0.39 is 14.2 Å². The highest BCUT2D eigenvalue weighted by Gasteiger charge is 2.09. The summed E-state index contributed by atoms with van der Waals surface area (Å²) >= 11 is 0. The van der Waals surface area contributed by atoms with E-state index in [0.29, 0.717) is 0 Å². The number of nitrogens with zero attached hydrogens (tertiary/aromatic N) is 2. The summed E-state index contributed by atoms with van der Waals surface area (Å²) < 4.78 is 17.8. The lowest BCUT2D eigenvalue weighted by atomic mass is 10.2. The molecule has 1 unspecified atom stereocenters. The summed E-state index contributed by atoms with van der Waals surface area (Å²) in [5.74, 6) is -0.679. The van der Waals surface area contributed by atoms with Gasteiger partial charge in [0, 0.05) is 6.07 Å². The Morgan fingerprint density at radius 1 is 1.67 bits per heavy atom. The number of hydrogen-bond acceptors (Lipinski definition) is 5. The number of benzene rings is 1. The molecule has 0 bridgehead atoms. The zero-order valence-corrected chi connectivity index (χ0v) is 8.32. The molecule has 1 aromatic rings. The average Bonchev–Trinajstić information content (AvgIpc) is 2.18. The van der Waals surface area contributed by atoms with Crippen LogP contribution in [0.4, 0.5) is 4.39 Å². The molecule has 0 spiro atoms. The molecule has 15 heavy (non-hydrogen) atoms. The first-order valence-corrected chi connectivity index (χ1v) is 5.20. The third-order valence-corrected chi connectivity index (χ3v) is 2.23. The van der Waals surface area contributed by atoms with Crippen molar-refractivity contribution in [3.8, 4) is 11.8 Å². The van der Waals surface area contributed by atoms with Crippen molar-refractivity contribution in [2.24, 2.45) is 5.18 Å². The topological polar surface area (TPSA) is 82.7 Å². The van der Waals surface area contributed by atoms with E-state index in [9.17, 15) is 9.30 Å². The zero-order valence-electron chi connectivity index (χ0n) is 7.42. The Morgan fingerprint density at radius 2 is 2.40 bits per heavy atom. The van der Waals surface area contributed by atoms with Gasteiger partial charge < -0.3 is 9.42 Å². The van der Waals surface area contributed by atoms with Crippen LogP contribution in [0.25, 0.3) is 0 Å². The van der Waals surface area contributed by atoms with Gasteiger partial charge in [-0.1, -0.05) is 5.18 Å². The fraction of sp³-hybridized carbons (Fsp3) is 0.125. The third-order valence-electron chi connectivity index (χ3n) is 1.45. The molecule has 0 aliphatic carbocycles. The molecule has 0 heterocycles. The maximum Gasteiger partial charge on any atom is 0.254 e. The summed E-state index contributed by atoms with van der Waals surface area (Å²) in [5, 5.41) is 10.9. The molecule has 1 N–H and O–H groups in total. The van der Waals surface area contributed by atoms with E-state index in [1.54, 1.807) is 6.07 Å². The first-order chi connectivity index (χ1) is 7.17. The highest BCUT2D eigenvalue weighted by Crippen LogP contribution is 2.33. The molecule has 1 rings (SSSR count). The van der Waals surface area contributed by atoms with Crippen LogP contribution < -0.4 is 4.52 Å².